The minimum Gasteiger partial charge on any atom is -0.321 e. The maximum absolute atomic E-state index is 13.4. The van der Waals surface area contributed by atoms with Crippen molar-refractivity contribution in [2.24, 2.45) is 0 Å². The van der Waals surface area contributed by atoms with Crippen LogP contribution in [-0.4, -0.2) is 35.8 Å². The third kappa shape index (κ3) is 4.97. The molecule has 4 aromatic carbocycles. The zero-order chi connectivity index (χ0) is 33.1. The number of amides is 2. The van der Waals surface area contributed by atoms with E-state index in [4.69, 9.17) is 9.05 Å². The normalized spacial score (nSPS) is 15.1. The number of fused-ring (bicyclic) bond motifs is 6. The Morgan fingerprint density at radius 2 is 1.36 bits per heavy atom. The van der Waals surface area contributed by atoms with Gasteiger partial charge < -0.3 is 23.7 Å². The highest BCUT2D eigenvalue weighted by molar-refractivity contribution is 7.62. The van der Waals surface area contributed by atoms with E-state index < -0.39 is 21.2 Å². The maximum Gasteiger partial charge on any atom is 0.361 e. The molecular weight excluding hydrogens is 638 g/mol. The lowest BCUT2D eigenvalue weighted by molar-refractivity contribution is -0.108. The summed E-state index contributed by atoms with van der Waals surface area (Å²) in [6.07, 6.45) is 9.36. The van der Waals surface area contributed by atoms with Gasteiger partial charge in [-0.05, 0) is 102 Å². The lowest BCUT2D eigenvalue weighted by atomic mass is 9.81. The first-order valence-electron chi connectivity index (χ1n) is 15.0. The largest absolute Gasteiger partial charge is 0.361 e. The van der Waals surface area contributed by atoms with Gasteiger partial charge in [-0.15, -0.1) is 0 Å². The summed E-state index contributed by atoms with van der Waals surface area (Å²) < 4.78 is 36.4. The van der Waals surface area contributed by atoms with Crippen molar-refractivity contribution in [2.45, 2.75) is 19.9 Å². The molecule has 4 aromatic rings. The summed E-state index contributed by atoms with van der Waals surface area (Å²) in [7, 11) is -8.07. The highest BCUT2D eigenvalue weighted by Crippen LogP contribution is 2.58. The number of nitrogens with zero attached hydrogens (tertiary/aromatic N) is 2. The van der Waals surface area contributed by atoms with Crippen molar-refractivity contribution in [1.82, 2.24) is 0 Å². The number of hydrogen-bond acceptors (Lipinski definition) is 6. The summed E-state index contributed by atoms with van der Waals surface area (Å²) >= 11 is 0. The summed E-state index contributed by atoms with van der Waals surface area (Å²) in [5.74, 6) is 0. The molecule has 0 saturated carbocycles. The second kappa shape index (κ2) is 11.7. The number of hydrogen-bond donors (Lipinski definition) is 2. The average Bonchev–Trinajstić information content (AvgIpc) is 3.36. The standard InChI is InChI=1S/C35H30N2O8P2/c1-3-44-47(43,45-4-2)26-13-9-24(10-14-26)37(21-39)35-31-19-22-5-15-29(31)32-28-18-17-27(28)30(16-6-22)34(33(32)35)36(20-38)23-7-11-25(12-8-23)46(40,41)42/h5-21,35H,3-4H2,1-2H3,(H2,40,41,42). The molecule has 4 bridgehead atoms. The highest BCUT2D eigenvalue weighted by Gasteiger charge is 2.42. The fraction of sp³-hybridized carbons (Fsp3) is 0.143. The van der Waals surface area contributed by atoms with Gasteiger partial charge in [-0.25, -0.2) is 0 Å². The van der Waals surface area contributed by atoms with Crippen molar-refractivity contribution in [1.29, 1.82) is 0 Å². The summed E-state index contributed by atoms with van der Waals surface area (Å²) in [5.41, 5.74) is 8.57. The van der Waals surface area contributed by atoms with Crippen LogP contribution >= 0.6 is 15.2 Å². The van der Waals surface area contributed by atoms with E-state index in [1.54, 1.807) is 43.0 Å². The van der Waals surface area contributed by atoms with Gasteiger partial charge in [0.2, 0.25) is 12.8 Å². The van der Waals surface area contributed by atoms with Crippen LogP contribution in [0.5, 0.6) is 0 Å². The van der Waals surface area contributed by atoms with Crippen LogP contribution in [0.2, 0.25) is 0 Å². The Labute approximate surface area is 271 Å². The lowest BCUT2D eigenvalue weighted by Crippen LogP contribution is -2.29. The van der Waals surface area contributed by atoms with Crippen molar-refractivity contribution < 1.29 is 37.6 Å². The fourth-order valence-electron chi connectivity index (χ4n) is 6.64. The molecule has 0 aromatic heterocycles. The van der Waals surface area contributed by atoms with Crippen LogP contribution in [0.25, 0.3) is 35.4 Å². The third-order valence-electron chi connectivity index (χ3n) is 8.67. The van der Waals surface area contributed by atoms with Crippen LogP contribution in [0.4, 0.5) is 17.1 Å². The van der Waals surface area contributed by atoms with Crippen molar-refractivity contribution in [3.63, 3.8) is 0 Å². The first-order valence-corrected chi connectivity index (χ1v) is 18.2. The third-order valence-corrected chi connectivity index (χ3v) is 11.8. The molecule has 3 aliphatic carbocycles. The van der Waals surface area contributed by atoms with Gasteiger partial charge in [0.15, 0.2) is 0 Å². The molecule has 47 heavy (non-hydrogen) atoms. The molecule has 1 atom stereocenters. The predicted octanol–water partition coefficient (Wildman–Crippen LogP) is 6.38. The number of carbonyl (C=O) groups excluding carboxylic acids is 2. The van der Waals surface area contributed by atoms with Crippen molar-refractivity contribution in [3.05, 3.63) is 100 Å². The molecule has 10 nitrogen and oxygen atoms in total. The van der Waals surface area contributed by atoms with Crippen LogP contribution in [0.3, 0.4) is 0 Å². The molecule has 0 spiro atoms. The quantitative estimate of drug-likeness (QED) is 0.113. The van der Waals surface area contributed by atoms with Gasteiger partial charge in [0.1, 0.15) is 0 Å². The molecule has 1 unspecified atom stereocenters. The number of anilines is 3. The lowest BCUT2D eigenvalue weighted by Gasteiger charge is -2.33. The fourth-order valence-corrected chi connectivity index (χ4v) is 8.75. The van der Waals surface area contributed by atoms with Crippen molar-refractivity contribution in [3.8, 4) is 11.1 Å². The number of rotatable bonds is 12. The Morgan fingerprint density at radius 1 is 0.745 bits per heavy atom. The topological polar surface area (TPSA) is 134 Å². The van der Waals surface area contributed by atoms with E-state index in [2.05, 4.69) is 0 Å². The molecule has 3 aliphatic rings. The molecular formula is C35H30N2O8P2. The second-order valence-corrected chi connectivity index (χ2v) is 14.8. The van der Waals surface area contributed by atoms with E-state index in [0.717, 1.165) is 50.9 Å². The first kappa shape index (κ1) is 31.2. The van der Waals surface area contributed by atoms with E-state index in [1.807, 2.05) is 42.5 Å². The summed E-state index contributed by atoms with van der Waals surface area (Å²) in [5, 5.41) is 0.203. The van der Waals surface area contributed by atoms with Crippen molar-refractivity contribution in [2.75, 3.05) is 23.0 Å². The Balaban J connectivity index is 1.43. The average molecular weight is 669 g/mol. The van der Waals surface area contributed by atoms with Gasteiger partial charge in [0, 0.05) is 22.5 Å². The van der Waals surface area contributed by atoms with Gasteiger partial charge in [-0.1, -0.05) is 36.4 Å². The smallest absolute Gasteiger partial charge is 0.321 e. The Bertz CT molecular complexity index is 2090. The molecule has 2 N–H and O–H groups in total. The zero-order valence-corrected chi connectivity index (χ0v) is 27.2. The maximum atomic E-state index is 13.4. The van der Waals surface area contributed by atoms with E-state index in [-0.39, 0.29) is 18.5 Å². The molecule has 0 fully saturated rings. The molecule has 12 heteroatoms. The van der Waals surface area contributed by atoms with Crippen LogP contribution in [-0.2, 0) is 27.8 Å². The minimum atomic E-state index is -4.51. The highest BCUT2D eigenvalue weighted by atomic mass is 31.2. The van der Waals surface area contributed by atoms with Gasteiger partial charge >= 0.3 is 15.2 Å². The van der Waals surface area contributed by atoms with Gasteiger partial charge in [0.25, 0.3) is 0 Å². The van der Waals surface area contributed by atoms with Crippen molar-refractivity contribution >= 4 is 80.0 Å². The van der Waals surface area contributed by atoms with Gasteiger partial charge in [0.05, 0.1) is 35.6 Å². The van der Waals surface area contributed by atoms with E-state index in [9.17, 15) is 28.5 Å². The molecule has 238 valence electrons. The van der Waals surface area contributed by atoms with Gasteiger partial charge in [-0.3, -0.25) is 23.6 Å². The van der Waals surface area contributed by atoms with E-state index in [1.165, 1.54) is 29.2 Å². The van der Waals surface area contributed by atoms with Crippen LogP contribution < -0.4 is 20.4 Å². The van der Waals surface area contributed by atoms with Gasteiger partial charge in [-0.2, -0.15) is 0 Å². The summed E-state index contributed by atoms with van der Waals surface area (Å²) in [6, 6.07) is 17.7. The Morgan fingerprint density at radius 3 is 1.94 bits per heavy atom. The van der Waals surface area contributed by atoms with E-state index in [0.29, 0.717) is 28.8 Å². The minimum absolute atomic E-state index is 0.165. The summed E-state index contributed by atoms with van der Waals surface area (Å²) in [6.45, 7) is 3.88. The molecule has 0 heterocycles. The summed E-state index contributed by atoms with van der Waals surface area (Å²) in [4.78, 5) is 48.6. The molecule has 7 rings (SSSR count). The van der Waals surface area contributed by atoms with E-state index >= 15 is 0 Å². The predicted molar refractivity (Wildman–Crippen MR) is 183 cm³/mol. The number of carbonyl (C=O) groups is 2. The first-order chi connectivity index (χ1) is 22.6. The van der Waals surface area contributed by atoms with Crippen LogP contribution in [0.15, 0.2) is 66.7 Å². The van der Waals surface area contributed by atoms with Crippen LogP contribution in [0, 0.1) is 0 Å². The monoisotopic (exact) mass is 668 g/mol. The second-order valence-electron chi connectivity index (χ2n) is 11.2. The SMILES string of the molecule is CCOP(=O)(OCC)c1ccc(N(C=O)C2c3cc4ccc3-c3c5c(c(c(N(C=O)c6ccc(P(=O)(O)O)cc6)c32)C=C4)C=C5)cc1. The Kier molecular flexibility index (Phi) is 7.76. The molecule has 2 amide bonds. The Hall–Kier alpha value is -4.40. The molecule has 0 saturated heterocycles. The molecule has 0 aliphatic heterocycles. The van der Waals surface area contributed by atoms with Crippen LogP contribution in [0.1, 0.15) is 53.3 Å². The zero-order valence-electron chi connectivity index (χ0n) is 25.4. The molecule has 0 radical (unpaired) electrons. The number of benzene rings is 4.